The summed E-state index contributed by atoms with van der Waals surface area (Å²) >= 11 is 5.29. The fraction of sp³-hybridized carbons (Fsp3) is 0.192. The van der Waals surface area contributed by atoms with E-state index in [9.17, 15) is 9.59 Å². The van der Waals surface area contributed by atoms with Gasteiger partial charge in [-0.25, -0.2) is 0 Å². The zero-order valence-corrected chi connectivity index (χ0v) is 19.7. The van der Waals surface area contributed by atoms with Gasteiger partial charge < -0.3 is 15.0 Å². The molecule has 0 fully saturated rings. The molecule has 2 amide bonds. The lowest BCUT2D eigenvalue weighted by atomic mass is 10.1. The summed E-state index contributed by atoms with van der Waals surface area (Å²) < 4.78 is 5.63. The van der Waals surface area contributed by atoms with Gasteiger partial charge in [-0.05, 0) is 68.0 Å². The summed E-state index contributed by atoms with van der Waals surface area (Å²) in [4.78, 5) is 27.1. The van der Waals surface area contributed by atoms with Crippen LogP contribution >= 0.6 is 12.2 Å². The molecule has 0 aliphatic carbocycles. The third-order valence-corrected chi connectivity index (χ3v) is 4.88. The molecule has 3 aromatic carbocycles. The summed E-state index contributed by atoms with van der Waals surface area (Å²) in [5.41, 5.74) is 2.61. The summed E-state index contributed by atoms with van der Waals surface area (Å²) in [5, 5.41) is 5.77. The summed E-state index contributed by atoms with van der Waals surface area (Å²) in [7, 11) is 1.76. The molecule has 0 spiro atoms. The van der Waals surface area contributed by atoms with E-state index in [1.807, 2.05) is 44.2 Å². The molecule has 7 heteroatoms. The van der Waals surface area contributed by atoms with E-state index >= 15 is 0 Å². The maximum atomic E-state index is 12.8. The van der Waals surface area contributed by atoms with E-state index in [0.29, 0.717) is 29.1 Å². The minimum Gasteiger partial charge on any atom is -0.491 e. The second-order valence-corrected chi connectivity index (χ2v) is 8.24. The Morgan fingerprint density at radius 2 is 1.64 bits per heavy atom. The third-order valence-electron chi connectivity index (χ3n) is 4.67. The van der Waals surface area contributed by atoms with Gasteiger partial charge in [-0.1, -0.05) is 42.5 Å². The molecule has 0 heterocycles. The Morgan fingerprint density at radius 3 is 2.36 bits per heavy atom. The highest BCUT2D eigenvalue weighted by atomic mass is 32.1. The number of hydrogen-bond acceptors (Lipinski definition) is 4. The second-order valence-electron chi connectivity index (χ2n) is 7.83. The molecule has 33 heavy (non-hydrogen) atoms. The van der Waals surface area contributed by atoms with Gasteiger partial charge in [-0.2, -0.15) is 0 Å². The van der Waals surface area contributed by atoms with Gasteiger partial charge in [0.15, 0.2) is 5.11 Å². The molecular formula is C26H27N3O3S. The number of nitrogens with zero attached hydrogens (tertiary/aromatic N) is 1. The van der Waals surface area contributed by atoms with Crippen molar-refractivity contribution in [1.29, 1.82) is 0 Å². The average molecular weight is 462 g/mol. The number of thiocarbonyl (C=S) groups is 1. The van der Waals surface area contributed by atoms with Crippen LogP contribution in [0, 0.1) is 0 Å². The molecule has 0 aliphatic rings. The van der Waals surface area contributed by atoms with Gasteiger partial charge in [-0.15, -0.1) is 0 Å². The Morgan fingerprint density at radius 1 is 0.939 bits per heavy atom. The molecule has 0 saturated carbocycles. The smallest absolute Gasteiger partial charge is 0.257 e. The Hall–Kier alpha value is -3.71. The molecule has 0 saturated heterocycles. The highest BCUT2D eigenvalue weighted by molar-refractivity contribution is 7.80. The quantitative estimate of drug-likeness (QED) is 0.491. The predicted molar refractivity (Wildman–Crippen MR) is 135 cm³/mol. The zero-order chi connectivity index (χ0) is 23.8. The van der Waals surface area contributed by atoms with Gasteiger partial charge in [0.25, 0.3) is 11.8 Å². The Labute approximate surface area is 199 Å². The highest BCUT2D eigenvalue weighted by Gasteiger charge is 2.14. The lowest BCUT2D eigenvalue weighted by Gasteiger charge is -2.18. The van der Waals surface area contributed by atoms with E-state index in [1.165, 1.54) is 0 Å². The van der Waals surface area contributed by atoms with Crippen molar-refractivity contribution in [1.82, 2.24) is 10.2 Å². The summed E-state index contributed by atoms with van der Waals surface area (Å²) in [5.74, 6) is 0.151. The molecule has 0 atom stereocenters. The first kappa shape index (κ1) is 23.9. The molecule has 3 rings (SSSR count). The molecule has 3 aromatic rings. The number of carbonyl (C=O) groups is 2. The minimum absolute atomic E-state index is 0.00720. The second kappa shape index (κ2) is 11.2. The Bertz CT molecular complexity index is 1130. The molecule has 2 N–H and O–H groups in total. The number of rotatable bonds is 7. The van der Waals surface area contributed by atoms with Crippen LogP contribution in [-0.4, -0.2) is 35.0 Å². The van der Waals surface area contributed by atoms with Crippen molar-refractivity contribution < 1.29 is 14.3 Å². The van der Waals surface area contributed by atoms with Crippen LogP contribution in [0.2, 0.25) is 0 Å². The Balaban J connectivity index is 1.61. The van der Waals surface area contributed by atoms with Crippen LogP contribution < -0.4 is 15.4 Å². The maximum Gasteiger partial charge on any atom is 0.257 e. The molecule has 170 valence electrons. The topological polar surface area (TPSA) is 70.7 Å². The van der Waals surface area contributed by atoms with Gasteiger partial charge in [-0.3, -0.25) is 14.9 Å². The van der Waals surface area contributed by atoms with E-state index in [1.54, 1.807) is 60.5 Å². The minimum atomic E-state index is -0.350. The number of hydrogen-bond donors (Lipinski definition) is 2. The van der Waals surface area contributed by atoms with Crippen molar-refractivity contribution in [3.63, 3.8) is 0 Å². The molecule has 0 radical (unpaired) electrons. The van der Waals surface area contributed by atoms with E-state index in [-0.39, 0.29) is 23.0 Å². The van der Waals surface area contributed by atoms with Crippen molar-refractivity contribution in [3.8, 4) is 5.75 Å². The van der Waals surface area contributed by atoms with Crippen molar-refractivity contribution >= 4 is 34.8 Å². The normalized spacial score (nSPS) is 10.4. The number of ether oxygens (including phenoxy) is 1. The molecule has 0 aliphatic heterocycles. The van der Waals surface area contributed by atoms with Crippen LogP contribution in [0.5, 0.6) is 5.75 Å². The number of carbonyl (C=O) groups excluding carboxylic acids is 2. The number of amides is 2. The predicted octanol–water partition coefficient (Wildman–Crippen LogP) is 4.87. The third kappa shape index (κ3) is 7.15. The van der Waals surface area contributed by atoms with Crippen LogP contribution in [0.15, 0.2) is 78.9 Å². The highest BCUT2D eigenvalue weighted by Crippen LogP contribution is 2.16. The summed E-state index contributed by atoms with van der Waals surface area (Å²) in [6.45, 7) is 4.35. The Kier molecular flexibility index (Phi) is 8.16. The first-order chi connectivity index (χ1) is 15.8. The number of anilines is 1. The van der Waals surface area contributed by atoms with Gasteiger partial charge in [0.05, 0.1) is 6.10 Å². The zero-order valence-electron chi connectivity index (χ0n) is 18.9. The molecule has 6 nitrogen and oxygen atoms in total. The van der Waals surface area contributed by atoms with Gasteiger partial charge in [0, 0.05) is 30.4 Å². The molecular weight excluding hydrogens is 434 g/mol. The molecule has 0 unspecified atom stereocenters. The standard InChI is InChI=1S/C26H27N3O3S/c1-18(2)32-23-14-8-11-20(16-23)24(30)28-26(33)27-22-13-7-12-21(15-22)25(31)29(3)17-19-9-5-4-6-10-19/h4-16,18H,17H2,1-3H3,(H2,27,28,30,33). The van der Waals surface area contributed by atoms with Crippen molar-refractivity contribution in [2.24, 2.45) is 0 Å². The summed E-state index contributed by atoms with van der Waals surface area (Å²) in [6, 6.07) is 23.7. The van der Waals surface area contributed by atoms with Crippen molar-refractivity contribution in [3.05, 3.63) is 95.6 Å². The molecule has 0 aromatic heterocycles. The van der Waals surface area contributed by atoms with Crippen LogP contribution in [0.1, 0.15) is 40.1 Å². The molecule has 0 bridgehead atoms. The first-order valence-corrected chi connectivity index (χ1v) is 11.0. The lowest BCUT2D eigenvalue weighted by Crippen LogP contribution is -2.34. The maximum absolute atomic E-state index is 12.8. The monoisotopic (exact) mass is 461 g/mol. The number of benzene rings is 3. The largest absolute Gasteiger partial charge is 0.491 e. The van der Waals surface area contributed by atoms with Crippen molar-refractivity contribution in [2.45, 2.75) is 26.5 Å². The van der Waals surface area contributed by atoms with Crippen molar-refractivity contribution in [2.75, 3.05) is 12.4 Å². The lowest BCUT2D eigenvalue weighted by molar-refractivity contribution is 0.0785. The number of nitrogens with one attached hydrogen (secondary N) is 2. The van der Waals surface area contributed by atoms with E-state index < -0.39 is 0 Å². The van der Waals surface area contributed by atoms with E-state index in [2.05, 4.69) is 10.6 Å². The van der Waals surface area contributed by atoms with E-state index in [4.69, 9.17) is 17.0 Å². The SMILES string of the molecule is CC(C)Oc1cccc(C(=O)NC(=S)Nc2cccc(C(=O)N(C)Cc3ccccc3)c2)c1. The first-order valence-electron chi connectivity index (χ1n) is 10.6. The average Bonchev–Trinajstić information content (AvgIpc) is 2.79. The van der Waals surface area contributed by atoms with Crippen LogP contribution in [0.3, 0.4) is 0 Å². The van der Waals surface area contributed by atoms with Crippen LogP contribution in [0.25, 0.3) is 0 Å². The van der Waals surface area contributed by atoms with Crippen LogP contribution in [-0.2, 0) is 6.54 Å². The van der Waals surface area contributed by atoms with E-state index in [0.717, 1.165) is 5.56 Å². The summed E-state index contributed by atoms with van der Waals surface area (Å²) in [6.07, 6.45) is 0.00720. The van der Waals surface area contributed by atoms with Gasteiger partial charge in [0.2, 0.25) is 0 Å². The van der Waals surface area contributed by atoms with Crippen LogP contribution in [0.4, 0.5) is 5.69 Å². The fourth-order valence-electron chi connectivity index (χ4n) is 3.20. The van der Waals surface area contributed by atoms with Gasteiger partial charge in [0.1, 0.15) is 5.75 Å². The fourth-order valence-corrected chi connectivity index (χ4v) is 3.41. The van der Waals surface area contributed by atoms with Gasteiger partial charge >= 0.3 is 0 Å².